The Kier molecular flexibility index (Phi) is 5.89. The van der Waals surface area contributed by atoms with Crippen LogP contribution in [-0.4, -0.2) is 17.5 Å². The smallest absolute Gasteiger partial charge is 0.272 e. The van der Waals surface area contributed by atoms with Crippen LogP contribution in [0.3, 0.4) is 0 Å². The van der Waals surface area contributed by atoms with E-state index in [4.69, 9.17) is 0 Å². The number of aryl methyl sites for hydroxylation is 1. The maximum Gasteiger partial charge on any atom is 0.272 e. The van der Waals surface area contributed by atoms with Crippen molar-refractivity contribution in [2.45, 2.75) is 39.7 Å². The van der Waals surface area contributed by atoms with Crippen LogP contribution in [0.5, 0.6) is 0 Å². The maximum atomic E-state index is 13.2. The fraction of sp³-hybridized carbons (Fsp3) is 0.571. The Balaban J connectivity index is 2.80. The summed E-state index contributed by atoms with van der Waals surface area (Å²) in [6, 6.07) is 3.92. The van der Waals surface area contributed by atoms with E-state index in [9.17, 15) is 14.5 Å². The van der Waals surface area contributed by atoms with E-state index in [1.807, 2.05) is 6.92 Å². The molecule has 1 aromatic carbocycles. The molecule has 0 amide bonds. The van der Waals surface area contributed by atoms with E-state index in [2.05, 4.69) is 19.2 Å². The van der Waals surface area contributed by atoms with Gasteiger partial charge in [-0.15, -0.1) is 0 Å². The van der Waals surface area contributed by atoms with Gasteiger partial charge in [-0.05, 0) is 37.4 Å². The molecule has 0 heterocycles. The summed E-state index contributed by atoms with van der Waals surface area (Å²) in [6.45, 7) is 7.09. The Hall–Kier alpha value is -1.49. The zero-order chi connectivity index (χ0) is 14.4. The number of benzene rings is 1. The van der Waals surface area contributed by atoms with Gasteiger partial charge in [0.15, 0.2) is 0 Å². The highest BCUT2D eigenvalue weighted by atomic mass is 19.1. The molecule has 1 aromatic rings. The van der Waals surface area contributed by atoms with Gasteiger partial charge in [0.2, 0.25) is 0 Å². The molecule has 1 N–H and O–H groups in total. The van der Waals surface area contributed by atoms with Gasteiger partial charge in [0.25, 0.3) is 5.69 Å². The normalized spacial score (nSPS) is 12.7. The van der Waals surface area contributed by atoms with Gasteiger partial charge in [-0.1, -0.05) is 20.8 Å². The summed E-state index contributed by atoms with van der Waals surface area (Å²) in [5, 5.41) is 14.3. The summed E-state index contributed by atoms with van der Waals surface area (Å²) in [5.74, 6) is 0.0118. The topological polar surface area (TPSA) is 55.2 Å². The van der Waals surface area contributed by atoms with Crippen LogP contribution >= 0.6 is 0 Å². The minimum Gasteiger partial charge on any atom is -0.314 e. The van der Waals surface area contributed by atoms with E-state index in [0.717, 1.165) is 19.0 Å². The summed E-state index contributed by atoms with van der Waals surface area (Å²) >= 11 is 0. The quantitative estimate of drug-likeness (QED) is 0.609. The zero-order valence-corrected chi connectivity index (χ0v) is 11.6. The molecule has 0 saturated carbocycles. The van der Waals surface area contributed by atoms with Crippen LogP contribution in [0, 0.1) is 21.8 Å². The number of nitro benzene ring substituents is 1. The molecule has 1 atom stereocenters. The van der Waals surface area contributed by atoms with Crippen LogP contribution in [0.15, 0.2) is 18.2 Å². The van der Waals surface area contributed by atoms with Gasteiger partial charge in [0.05, 0.1) is 4.92 Å². The molecule has 1 unspecified atom stereocenters. The van der Waals surface area contributed by atoms with E-state index in [-0.39, 0.29) is 11.7 Å². The van der Waals surface area contributed by atoms with Crippen molar-refractivity contribution in [1.29, 1.82) is 0 Å². The predicted octanol–water partition coefficient (Wildman–Crippen LogP) is 3.30. The number of hydrogen-bond donors (Lipinski definition) is 1. The van der Waals surface area contributed by atoms with Crippen molar-refractivity contribution in [2.75, 3.05) is 6.54 Å². The Labute approximate surface area is 113 Å². The largest absolute Gasteiger partial charge is 0.314 e. The molecule has 0 fully saturated rings. The highest BCUT2D eigenvalue weighted by Gasteiger charge is 2.17. The molecule has 0 saturated heterocycles. The Morgan fingerprint density at radius 2 is 2.11 bits per heavy atom. The number of rotatable bonds is 7. The summed E-state index contributed by atoms with van der Waals surface area (Å²) in [7, 11) is 0. The van der Waals surface area contributed by atoms with Crippen LogP contribution in [0.2, 0.25) is 0 Å². The lowest BCUT2D eigenvalue weighted by atomic mass is 9.96. The van der Waals surface area contributed by atoms with E-state index in [1.165, 1.54) is 12.1 Å². The van der Waals surface area contributed by atoms with Gasteiger partial charge < -0.3 is 5.32 Å². The van der Waals surface area contributed by atoms with Gasteiger partial charge in [-0.25, -0.2) is 4.39 Å². The molecular formula is C14H21FN2O2. The van der Waals surface area contributed by atoms with Crippen molar-refractivity contribution >= 4 is 5.69 Å². The Morgan fingerprint density at radius 3 is 2.63 bits per heavy atom. The van der Waals surface area contributed by atoms with Crippen LogP contribution in [-0.2, 0) is 6.42 Å². The zero-order valence-electron chi connectivity index (χ0n) is 11.6. The molecule has 4 nitrogen and oxygen atoms in total. The lowest BCUT2D eigenvalue weighted by Gasteiger charge is -2.21. The second-order valence-electron chi connectivity index (χ2n) is 4.98. The summed E-state index contributed by atoms with van der Waals surface area (Å²) in [6.07, 6.45) is 1.26. The molecule has 0 aliphatic rings. The molecule has 106 valence electrons. The van der Waals surface area contributed by atoms with Gasteiger partial charge in [-0.2, -0.15) is 0 Å². The van der Waals surface area contributed by atoms with Crippen LogP contribution in [0.1, 0.15) is 32.8 Å². The molecule has 0 radical (unpaired) electrons. The van der Waals surface area contributed by atoms with E-state index in [0.29, 0.717) is 17.9 Å². The third-order valence-electron chi connectivity index (χ3n) is 3.23. The second-order valence-corrected chi connectivity index (χ2v) is 4.98. The predicted molar refractivity (Wildman–Crippen MR) is 73.7 cm³/mol. The number of nitrogens with zero attached hydrogens (tertiary/aromatic N) is 1. The molecule has 0 aromatic heterocycles. The van der Waals surface area contributed by atoms with Gasteiger partial charge in [0, 0.05) is 17.7 Å². The molecular weight excluding hydrogens is 247 g/mol. The maximum absolute atomic E-state index is 13.2. The first-order chi connectivity index (χ1) is 8.95. The van der Waals surface area contributed by atoms with E-state index < -0.39 is 10.7 Å². The number of nitro groups is 1. The monoisotopic (exact) mass is 268 g/mol. The number of hydrogen-bond acceptors (Lipinski definition) is 3. The Morgan fingerprint density at radius 1 is 1.42 bits per heavy atom. The van der Waals surface area contributed by atoms with E-state index in [1.54, 1.807) is 0 Å². The van der Waals surface area contributed by atoms with Gasteiger partial charge in [-0.3, -0.25) is 10.1 Å². The highest BCUT2D eigenvalue weighted by molar-refractivity contribution is 5.40. The van der Waals surface area contributed by atoms with Crippen molar-refractivity contribution in [2.24, 2.45) is 5.92 Å². The summed E-state index contributed by atoms with van der Waals surface area (Å²) in [4.78, 5) is 10.5. The Bertz CT molecular complexity index is 435. The number of nitrogens with one attached hydrogen (secondary N) is 1. The molecule has 0 aliphatic heterocycles. The first kappa shape index (κ1) is 15.6. The van der Waals surface area contributed by atoms with Gasteiger partial charge in [0.1, 0.15) is 5.82 Å². The standard InChI is InChI=1S/C14H21FN2O2/c1-4-16-13(10(2)3)7-5-11-9-12(15)6-8-14(11)17(18)19/h6,8-10,13,16H,4-5,7H2,1-3H3. The van der Waals surface area contributed by atoms with Crippen molar-refractivity contribution in [3.05, 3.63) is 39.7 Å². The minimum absolute atomic E-state index is 0.000375. The fourth-order valence-electron chi connectivity index (χ4n) is 2.18. The molecule has 0 aliphatic carbocycles. The average molecular weight is 268 g/mol. The number of halogens is 1. The SMILES string of the molecule is CCNC(CCc1cc(F)ccc1[N+](=O)[O-])C(C)C. The van der Waals surface area contributed by atoms with Crippen LogP contribution < -0.4 is 5.32 Å². The van der Waals surface area contributed by atoms with Crippen molar-refractivity contribution in [1.82, 2.24) is 5.32 Å². The lowest BCUT2D eigenvalue weighted by Crippen LogP contribution is -2.34. The highest BCUT2D eigenvalue weighted by Crippen LogP contribution is 2.22. The molecule has 5 heteroatoms. The first-order valence-electron chi connectivity index (χ1n) is 6.61. The van der Waals surface area contributed by atoms with E-state index >= 15 is 0 Å². The first-order valence-corrected chi connectivity index (χ1v) is 6.61. The third-order valence-corrected chi connectivity index (χ3v) is 3.23. The molecule has 0 spiro atoms. The fourth-order valence-corrected chi connectivity index (χ4v) is 2.18. The van der Waals surface area contributed by atoms with Crippen molar-refractivity contribution < 1.29 is 9.31 Å². The average Bonchev–Trinajstić information content (AvgIpc) is 2.33. The van der Waals surface area contributed by atoms with Crippen molar-refractivity contribution in [3.63, 3.8) is 0 Å². The second kappa shape index (κ2) is 7.19. The summed E-state index contributed by atoms with van der Waals surface area (Å²) < 4.78 is 13.2. The van der Waals surface area contributed by atoms with Gasteiger partial charge >= 0.3 is 0 Å². The lowest BCUT2D eigenvalue weighted by molar-refractivity contribution is -0.385. The summed E-state index contributed by atoms with van der Waals surface area (Å²) in [5.41, 5.74) is 0.467. The minimum atomic E-state index is -0.452. The van der Waals surface area contributed by atoms with Crippen LogP contribution in [0.4, 0.5) is 10.1 Å². The van der Waals surface area contributed by atoms with Crippen LogP contribution in [0.25, 0.3) is 0 Å². The molecule has 19 heavy (non-hydrogen) atoms. The van der Waals surface area contributed by atoms with Crippen molar-refractivity contribution in [3.8, 4) is 0 Å². The third kappa shape index (κ3) is 4.59. The molecule has 0 bridgehead atoms. The molecule has 1 rings (SSSR count).